The number of aromatic nitrogens is 3. The van der Waals surface area contributed by atoms with E-state index in [2.05, 4.69) is 163 Å². The Morgan fingerprint density at radius 2 is 1.07 bits per heavy atom. The van der Waals surface area contributed by atoms with Gasteiger partial charge in [-0.05, 0) is 52.9 Å². The monoisotopic (exact) mass is 792 g/mol. The van der Waals surface area contributed by atoms with Gasteiger partial charge in [-0.25, -0.2) is 19.9 Å². The lowest BCUT2D eigenvalue weighted by molar-refractivity contribution is 0.532. The van der Waals surface area contributed by atoms with Crippen molar-refractivity contribution in [2.75, 3.05) is 4.90 Å². The summed E-state index contributed by atoms with van der Waals surface area (Å²) in [6, 6.07) is 66.0. The highest BCUT2D eigenvalue weighted by molar-refractivity contribution is 8.00. The first-order valence-corrected chi connectivity index (χ1v) is 21.5. The Bertz CT molecular complexity index is 2860. The Balaban J connectivity index is 1.17. The van der Waals surface area contributed by atoms with Gasteiger partial charge in [0.05, 0.1) is 28.7 Å². The zero-order valence-corrected chi connectivity index (χ0v) is 33.8. The molecule has 1 aromatic heterocycles. The average Bonchev–Trinajstić information content (AvgIpc) is 3.87. The van der Waals surface area contributed by atoms with Crippen molar-refractivity contribution in [2.24, 2.45) is 15.9 Å². The number of hydrogen-bond acceptors (Lipinski definition) is 7. The SMILES string of the molecule is CCC1C(c2ccccc2)=NC(c2ccc(-c3nc(-c4ccccc4)nc(-c4ccccc4)n3)cc2N2c3ccccc3C3Sc4ccccc4C32)=NC1c1ccccc1. The lowest BCUT2D eigenvalue weighted by Gasteiger charge is -2.33. The number of nitrogens with zero attached hydrogens (tertiary/aromatic N) is 6. The zero-order chi connectivity index (χ0) is 40.0. The summed E-state index contributed by atoms with van der Waals surface area (Å²) < 4.78 is 0. The van der Waals surface area contributed by atoms with E-state index in [0.717, 1.165) is 51.5 Å². The molecule has 0 fully saturated rings. The summed E-state index contributed by atoms with van der Waals surface area (Å²) in [5, 5.41) is 0.222. The molecule has 6 nitrogen and oxygen atoms in total. The van der Waals surface area contributed by atoms with Crippen molar-refractivity contribution in [2.45, 2.75) is 35.6 Å². The lowest BCUT2D eigenvalue weighted by Crippen LogP contribution is -2.29. The summed E-state index contributed by atoms with van der Waals surface area (Å²) in [5.41, 5.74) is 11.9. The Kier molecular flexibility index (Phi) is 9.23. The van der Waals surface area contributed by atoms with E-state index in [1.54, 1.807) is 0 Å². The van der Waals surface area contributed by atoms with Gasteiger partial charge in [0.2, 0.25) is 0 Å². The fourth-order valence-electron chi connectivity index (χ4n) is 9.07. The normalized spacial score (nSPS) is 18.9. The van der Waals surface area contributed by atoms with Crippen LogP contribution in [0.5, 0.6) is 0 Å². The largest absolute Gasteiger partial charge is 0.331 e. The summed E-state index contributed by atoms with van der Waals surface area (Å²) in [5.74, 6) is 2.69. The fourth-order valence-corrected chi connectivity index (χ4v) is 10.5. The minimum atomic E-state index is -0.113. The van der Waals surface area contributed by atoms with E-state index in [9.17, 15) is 0 Å². The molecule has 7 heteroatoms. The van der Waals surface area contributed by atoms with Crippen molar-refractivity contribution in [1.29, 1.82) is 0 Å². The van der Waals surface area contributed by atoms with Gasteiger partial charge in [-0.2, -0.15) is 0 Å². The third kappa shape index (κ3) is 6.33. The van der Waals surface area contributed by atoms with Crippen LogP contribution in [0.25, 0.3) is 34.2 Å². The Morgan fingerprint density at radius 3 is 1.72 bits per heavy atom. The smallest absolute Gasteiger partial charge is 0.164 e. The first kappa shape index (κ1) is 36.1. The number of thioether (sulfide) groups is 1. The maximum absolute atomic E-state index is 5.63. The van der Waals surface area contributed by atoms with E-state index in [-0.39, 0.29) is 23.3 Å². The number of para-hydroxylation sites is 1. The second-order valence-corrected chi connectivity index (χ2v) is 16.6. The van der Waals surface area contributed by atoms with Crippen LogP contribution in [0.1, 0.15) is 58.5 Å². The standard InChI is InChI=1S/C53H40N6S/c1-2-39-46(34-19-7-3-8-20-34)54-53(55-47(39)35-21-9-4-10-22-35)41-32-31-38(52-57-50(36-23-11-5-12-24-36)56-51(58-52)37-25-13-6-14-26-37)33-44(41)59-43-29-17-15-27-40(43)49-48(59)42-28-16-18-30-45(42)60-49/h3-33,39,46,48-49H,2H2,1H3. The van der Waals surface area contributed by atoms with Gasteiger partial charge < -0.3 is 4.90 Å². The highest BCUT2D eigenvalue weighted by Gasteiger charge is 2.47. The van der Waals surface area contributed by atoms with Crippen LogP contribution in [0.15, 0.2) is 203 Å². The third-order valence-corrected chi connectivity index (χ3v) is 13.3. The van der Waals surface area contributed by atoms with Gasteiger partial charge >= 0.3 is 0 Å². The molecular weight excluding hydrogens is 753 g/mol. The van der Waals surface area contributed by atoms with Gasteiger partial charge in [0, 0.05) is 38.8 Å². The van der Waals surface area contributed by atoms with Gasteiger partial charge in [-0.15, -0.1) is 11.8 Å². The van der Waals surface area contributed by atoms with Crippen LogP contribution in [0.3, 0.4) is 0 Å². The van der Waals surface area contributed by atoms with Crippen LogP contribution in [-0.2, 0) is 0 Å². The second-order valence-electron chi connectivity index (χ2n) is 15.4. The van der Waals surface area contributed by atoms with E-state index in [0.29, 0.717) is 17.5 Å². The number of fused-ring (bicyclic) bond motifs is 5. The van der Waals surface area contributed by atoms with Crippen LogP contribution < -0.4 is 4.90 Å². The molecule has 288 valence electrons. The van der Waals surface area contributed by atoms with Gasteiger partial charge in [-0.1, -0.05) is 171 Å². The Hall–Kier alpha value is -6.96. The highest BCUT2D eigenvalue weighted by Crippen LogP contribution is 2.64. The highest BCUT2D eigenvalue weighted by atomic mass is 32.2. The third-order valence-electron chi connectivity index (χ3n) is 11.9. The predicted octanol–water partition coefficient (Wildman–Crippen LogP) is 12.9. The number of amidine groups is 1. The molecule has 0 aliphatic carbocycles. The first-order chi connectivity index (χ1) is 29.7. The van der Waals surface area contributed by atoms with Crippen molar-refractivity contribution in [3.63, 3.8) is 0 Å². The molecule has 4 unspecified atom stereocenters. The molecule has 3 aliphatic rings. The van der Waals surface area contributed by atoms with E-state index >= 15 is 0 Å². The second kappa shape index (κ2) is 15.3. The molecule has 11 rings (SSSR count). The summed E-state index contributed by atoms with van der Waals surface area (Å²) in [6.45, 7) is 2.25. The number of rotatable bonds is 8. The fraction of sp³-hybridized carbons (Fsp3) is 0.113. The molecule has 60 heavy (non-hydrogen) atoms. The van der Waals surface area contributed by atoms with E-state index in [1.165, 1.54) is 27.3 Å². The number of benzene rings is 7. The summed E-state index contributed by atoms with van der Waals surface area (Å²) >= 11 is 1.96. The van der Waals surface area contributed by atoms with E-state index < -0.39 is 0 Å². The lowest BCUT2D eigenvalue weighted by atomic mass is 9.83. The van der Waals surface area contributed by atoms with Crippen molar-refractivity contribution in [1.82, 2.24) is 15.0 Å². The van der Waals surface area contributed by atoms with Gasteiger partial charge in [0.15, 0.2) is 23.3 Å². The van der Waals surface area contributed by atoms with Crippen LogP contribution in [-0.4, -0.2) is 26.5 Å². The quantitative estimate of drug-likeness (QED) is 0.153. The minimum absolute atomic E-state index is 0.0609. The maximum Gasteiger partial charge on any atom is 0.164 e. The average molecular weight is 793 g/mol. The molecular formula is C53H40N6S. The van der Waals surface area contributed by atoms with Gasteiger partial charge in [0.25, 0.3) is 0 Å². The summed E-state index contributed by atoms with van der Waals surface area (Å²) in [4.78, 5) is 30.4. The maximum atomic E-state index is 5.63. The van der Waals surface area contributed by atoms with E-state index in [4.69, 9.17) is 24.9 Å². The molecule has 7 aromatic carbocycles. The van der Waals surface area contributed by atoms with Crippen molar-refractivity contribution >= 4 is 34.7 Å². The van der Waals surface area contributed by atoms with E-state index in [1.807, 2.05) is 48.2 Å². The van der Waals surface area contributed by atoms with Crippen molar-refractivity contribution in [3.05, 3.63) is 216 Å². The predicted molar refractivity (Wildman–Crippen MR) is 245 cm³/mol. The molecule has 0 N–H and O–H groups in total. The summed E-state index contributed by atoms with van der Waals surface area (Å²) in [6.07, 6.45) is 0.903. The van der Waals surface area contributed by atoms with Crippen molar-refractivity contribution in [3.8, 4) is 34.2 Å². The molecule has 4 atom stereocenters. The van der Waals surface area contributed by atoms with Crippen molar-refractivity contribution < 1.29 is 0 Å². The minimum Gasteiger partial charge on any atom is -0.331 e. The molecule has 0 amide bonds. The van der Waals surface area contributed by atoms with Gasteiger partial charge in [0.1, 0.15) is 0 Å². The zero-order valence-electron chi connectivity index (χ0n) is 33.0. The molecule has 0 spiro atoms. The summed E-state index contributed by atoms with van der Waals surface area (Å²) in [7, 11) is 0. The molecule has 0 saturated heterocycles. The van der Waals surface area contributed by atoms with Crippen LogP contribution in [0, 0.1) is 5.92 Å². The Labute approximate surface area is 354 Å². The topological polar surface area (TPSA) is 66.6 Å². The first-order valence-electron chi connectivity index (χ1n) is 20.6. The molecule has 0 bridgehead atoms. The molecule has 4 heterocycles. The number of hydrogen-bond donors (Lipinski definition) is 0. The molecule has 8 aromatic rings. The van der Waals surface area contributed by atoms with Crippen LogP contribution >= 0.6 is 11.8 Å². The van der Waals surface area contributed by atoms with Crippen LogP contribution in [0.4, 0.5) is 11.4 Å². The molecule has 0 saturated carbocycles. The Morgan fingerprint density at radius 1 is 0.517 bits per heavy atom. The molecule has 3 aliphatic heterocycles. The number of anilines is 2. The van der Waals surface area contributed by atoms with Gasteiger partial charge in [-0.3, -0.25) is 4.99 Å². The molecule has 0 radical (unpaired) electrons. The van der Waals surface area contributed by atoms with Crippen LogP contribution in [0.2, 0.25) is 0 Å². The number of aliphatic imine (C=N–C) groups is 2.